The van der Waals surface area contributed by atoms with Gasteiger partial charge >= 0.3 is 0 Å². The number of hydrogen-bond donors (Lipinski definition) is 1. The Labute approximate surface area is 115 Å². The highest BCUT2D eigenvalue weighted by atomic mass is 16.6. The molecule has 1 atom stereocenters. The summed E-state index contributed by atoms with van der Waals surface area (Å²) >= 11 is 0. The molecule has 0 aliphatic carbocycles. The van der Waals surface area contributed by atoms with Crippen molar-refractivity contribution in [3.8, 4) is 0 Å². The van der Waals surface area contributed by atoms with Crippen molar-refractivity contribution in [1.82, 2.24) is 0 Å². The van der Waals surface area contributed by atoms with Gasteiger partial charge in [-0.1, -0.05) is 19.1 Å². The van der Waals surface area contributed by atoms with Crippen molar-refractivity contribution < 1.29 is 19.6 Å². The first kappa shape index (κ1) is 15.6. The number of rotatable bonds is 7. The summed E-state index contributed by atoms with van der Waals surface area (Å²) in [6.45, 7) is 1.69. The van der Waals surface area contributed by atoms with Crippen LogP contribution in [0.1, 0.15) is 26.2 Å². The van der Waals surface area contributed by atoms with E-state index in [1.165, 1.54) is 18.2 Å². The summed E-state index contributed by atoms with van der Waals surface area (Å²) in [4.78, 5) is 32.6. The molecule has 1 N–H and O–H groups in total. The minimum Gasteiger partial charge on any atom is -0.550 e. The highest BCUT2D eigenvalue weighted by molar-refractivity contribution is 5.93. The quantitative estimate of drug-likeness (QED) is 0.593. The van der Waals surface area contributed by atoms with Gasteiger partial charge in [-0.05, 0) is 24.8 Å². The number of nitro benzene ring substituents is 1. The van der Waals surface area contributed by atoms with Gasteiger partial charge in [0, 0.05) is 18.5 Å². The number of nitrogens with zero attached hydrogens (tertiary/aromatic N) is 1. The van der Waals surface area contributed by atoms with E-state index in [9.17, 15) is 24.8 Å². The van der Waals surface area contributed by atoms with E-state index in [1.807, 2.05) is 0 Å². The Hall–Kier alpha value is -2.44. The van der Waals surface area contributed by atoms with Gasteiger partial charge in [-0.3, -0.25) is 14.9 Å². The maximum absolute atomic E-state index is 11.7. The lowest BCUT2D eigenvalue weighted by molar-refractivity contribution is -0.383. The third-order valence-electron chi connectivity index (χ3n) is 2.92. The summed E-state index contributed by atoms with van der Waals surface area (Å²) in [6, 6.07) is 5.77. The Bertz CT molecular complexity index is 515. The zero-order valence-corrected chi connectivity index (χ0v) is 11.0. The highest BCUT2D eigenvalue weighted by Gasteiger charge is 2.16. The molecule has 0 aliphatic rings. The van der Waals surface area contributed by atoms with Crippen LogP contribution in [0.2, 0.25) is 0 Å². The third-order valence-corrected chi connectivity index (χ3v) is 2.92. The van der Waals surface area contributed by atoms with Crippen LogP contribution in [0, 0.1) is 16.0 Å². The highest BCUT2D eigenvalue weighted by Crippen LogP contribution is 2.23. The molecule has 1 aromatic carbocycles. The molecule has 7 heteroatoms. The predicted octanol–water partition coefficient (Wildman–Crippen LogP) is 1.09. The van der Waals surface area contributed by atoms with Gasteiger partial charge in [0.05, 0.1) is 4.92 Å². The number of anilines is 1. The molecular formula is C13H15N2O5-. The molecule has 0 saturated carbocycles. The van der Waals surface area contributed by atoms with Crippen LogP contribution in [-0.2, 0) is 9.59 Å². The van der Waals surface area contributed by atoms with Crippen LogP contribution in [0.5, 0.6) is 0 Å². The van der Waals surface area contributed by atoms with Crippen molar-refractivity contribution >= 4 is 23.3 Å². The molecule has 0 fully saturated rings. The van der Waals surface area contributed by atoms with Gasteiger partial charge in [0.15, 0.2) is 0 Å². The van der Waals surface area contributed by atoms with Crippen molar-refractivity contribution in [2.45, 2.75) is 26.2 Å². The Morgan fingerprint density at radius 2 is 2.00 bits per heavy atom. The number of para-hydroxylation sites is 2. The average molecular weight is 279 g/mol. The van der Waals surface area contributed by atoms with Crippen molar-refractivity contribution in [3.05, 3.63) is 34.4 Å². The van der Waals surface area contributed by atoms with Gasteiger partial charge in [-0.25, -0.2) is 0 Å². The van der Waals surface area contributed by atoms with E-state index in [-0.39, 0.29) is 24.2 Å². The SMILES string of the molecule is CC[C@H](CCC(=O)Nc1ccccc1[N+](=O)[O-])C(=O)[O-]. The molecule has 1 aromatic rings. The fraction of sp³-hybridized carbons (Fsp3) is 0.385. The lowest BCUT2D eigenvalue weighted by atomic mass is 10.0. The second kappa shape index (κ2) is 7.22. The molecule has 1 rings (SSSR count). The van der Waals surface area contributed by atoms with E-state index in [1.54, 1.807) is 13.0 Å². The van der Waals surface area contributed by atoms with Crippen molar-refractivity contribution in [1.29, 1.82) is 0 Å². The van der Waals surface area contributed by atoms with Crippen LogP contribution in [0.15, 0.2) is 24.3 Å². The second-order valence-electron chi connectivity index (χ2n) is 4.29. The molecule has 20 heavy (non-hydrogen) atoms. The number of benzene rings is 1. The van der Waals surface area contributed by atoms with Gasteiger partial charge < -0.3 is 15.2 Å². The number of nitrogens with one attached hydrogen (secondary N) is 1. The minimum atomic E-state index is -1.19. The predicted molar refractivity (Wildman–Crippen MR) is 69.7 cm³/mol. The zero-order valence-electron chi connectivity index (χ0n) is 11.0. The normalized spacial score (nSPS) is 11.7. The number of nitro groups is 1. The molecule has 108 valence electrons. The van der Waals surface area contributed by atoms with E-state index in [0.717, 1.165) is 0 Å². The van der Waals surface area contributed by atoms with E-state index in [4.69, 9.17) is 0 Å². The number of carboxylic acids is 1. The van der Waals surface area contributed by atoms with Gasteiger partial charge in [-0.2, -0.15) is 0 Å². The van der Waals surface area contributed by atoms with Gasteiger partial charge in [0.25, 0.3) is 5.69 Å². The maximum Gasteiger partial charge on any atom is 0.292 e. The summed E-state index contributed by atoms with van der Waals surface area (Å²) in [5, 5.41) is 23.9. The fourth-order valence-corrected chi connectivity index (χ4v) is 1.75. The Morgan fingerprint density at radius 3 is 2.55 bits per heavy atom. The van der Waals surface area contributed by atoms with Crippen LogP contribution < -0.4 is 10.4 Å². The van der Waals surface area contributed by atoms with Gasteiger partial charge in [0.1, 0.15) is 5.69 Å². The monoisotopic (exact) mass is 279 g/mol. The fourth-order valence-electron chi connectivity index (χ4n) is 1.75. The first-order valence-electron chi connectivity index (χ1n) is 6.19. The number of carbonyl (C=O) groups excluding carboxylic acids is 2. The number of amides is 1. The van der Waals surface area contributed by atoms with E-state index in [2.05, 4.69) is 5.32 Å². The second-order valence-corrected chi connectivity index (χ2v) is 4.29. The summed E-state index contributed by atoms with van der Waals surface area (Å²) in [5.41, 5.74) is -0.100. The Kier molecular flexibility index (Phi) is 5.64. The Balaban J connectivity index is 2.63. The maximum atomic E-state index is 11.7. The number of carbonyl (C=O) groups is 2. The van der Waals surface area contributed by atoms with Crippen LogP contribution >= 0.6 is 0 Å². The summed E-state index contributed by atoms with van der Waals surface area (Å²) < 4.78 is 0. The van der Waals surface area contributed by atoms with Gasteiger partial charge in [0.2, 0.25) is 5.91 Å². The molecule has 0 radical (unpaired) electrons. The lowest BCUT2D eigenvalue weighted by Crippen LogP contribution is -2.31. The first-order valence-corrected chi connectivity index (χ1v) is 6.19. The summed E-state index contributed by atoms with van der Waals surface area (Å²) in [6.07, 6.45) is 0.491. The minimum absolute atomic E-state index is 0.0292. The van der Waals surface area contributed by atoms with Crippen molar-refractivity contribution in [2.75, 3.05) is 5.32 Å². The molecule has 0 bridgehead atoms. The van der Waals surface area contributed by atoms with Crippen LogP contribution in [0.25, 0.3) is 0 Å². The zero-order chi connectivity index (χ0) is 15.1. The third kappa shape index (κ3) is 4.34. The van der Waals surface area contributed by atoms with Crippen LogP contribution in [0.3, 0.4) is 0 Å². The molecule has 0 aromatic heterocycles. The van der Waals surface area contributed by atoms with E-state index < -0.39 is 22.7 Å². The molecule has 1 amide bonds. The largest absolute Gasteiger partial charge is 0.550 e. The smallest absolute Gasteiger partial charge is 0.292 e. The molecule has 0 aliphatic heterocycles. The Morgan fingerprint density at radius 1 is 1.35 bits per heavy atom. The van der Waals surface area contributed by atoms with Gasteiger partial charge in [-0.15, -0.1) is 0 Å². The standard InChI is InChI=1S/C13H16N2O5/c1-2-9(13(17)18)7-8-12(16)14-10-5-3-4-6-11(10)15(19)20/h3-6,9H,2,7-8H2,1H3,(H,14,16)(H,17,18)/p-1/t9-/m1/s1. The van der Waals surface area contributed by atoms with E-state index in [0.29, 0.717) is 6.42 Å². The average Bonchev–Trinajstić information content (AvgIpc) is 2.39. The molecule has 0 unspecified atom stereocenters. The molecule has 7 nitrogen and oxygen atoms in total. The molecular weight excluding hydrogens is 264 g/mol. The number of aliphatic carboxylic acids is 1. The topological polar surface area (TPSA) is 112 Å². The number of carboxylic acid groups (broad SMARTS) is 1. The lowest BCUT2D eigenvalue weighted by Gasteiger charge is -2.15. The van der Waals surface area contributed by atoms with Crippen molar-refractivity contribution in [2.24, 2.45) is 5.92 Å². The summed E-state index contributed by atoms with van der Waals surface area (Å²) in [7, 11) is 0. The molecule has 0 spiro atoms. The molecule has 0 saturated heterocycles. The summed E-state index contributed by atoms with van der Waals surface area (Å²) in [5.74, 6) is -2.34. The van der Waals surface area contributed by atoms with E-state index >= 15 is 0 Å². The first-order chi connectivity index (χ1) is 9.45. The van der Waals surface area contributed by atoms with Crippen LogP contribution in [-0.4, -0.2) is 16.8 Å². The van der Waals surface area contributed by atoms with Crippen LogP contribution in [0.4, 0.5) is 11.4 Å². The van der Waals surface area contributed by atoms with Crippen molar-refractivity contribution in [3.63, 3.8) is 0 Å². The molecule has 0 heterocycles. The number of hydrogen-bond acceptors (Lipinski definition) is 5.